The fourth-order valence-electron chi connectivity index (χ4n) is 3.92. The molecule has 2 N–H and O–H groups in total. The summed E-state index contributed by atoms with van der Waals surface area (Å²) < 4.78 is 27.6. The molecule has 2 aliphatic rings. The molecule has 1 aromatic heterocycles. The van der Waals surface area contributed by atoms with E-state index in [0.29, 0.717) is 36.5 Å². The standard InChI is InChI=1S/C24H31N3O4S2/c1-24(2,3)17-4-8-19(9-5-17)33(30,31)27-13-10-16(11-14-27)21(28)26-23-20(12-15-32-23)22(29)25-18-6-7-18/h4-5,8-9,12,15-16,18H,6-7,10-11,13-14H2,1-3H3,(H,25,29)(H,26,28). The minimum absolute atomic E-state index is 0.0466. The summed E-state index contributed by atoms with van der Waals surface area (Å²) in [6, 6.07) is 9.03. The molecule has 0 bridgehead atoms. The van der Waals surface area contributed by atoms with Crippen LogP contribution in [-0.2, 0) is 20.2 Å². The highest BCUT2D eigenvalue weighted by atomic mass is 32.2. The molecule has 4 rings (SSSR count). The number of piperidine rings is 1. The fourth-order valence-corrected chi connectivity index (χ4v) is 6.18. The summed E-state index contributed by atoms with van der Waals surface area (Å²) in [6.07, 6.45) is 2.89. The molecule has 1 aromatic carbocycles. The summed E-state index contributed by atoms with van der Waals surface area (Å²) in [5, 5.41) is 8.17. The van der Waals surface area contributed by atoms with E-state index in [4.69, 9.17) is 0 Å². The molecule has 9 heteroatoms. The number of rotatable bonds is 6. The number of carbonyl (C=O) groups excluding carboxylic acids is 2. The maximum atomic E-state index is 13.1. The molecule has 2 fully saturated rings. The first-order valence-corrected chi connectivity index (χ1v) is 13.7. The predicted molar refractivity (Wildman–Crippen MR) is 130 cm³/mol. The van der Waals surface area contributed by atoms with Crippen molar-refractivity contribution in [3.8, 4) is 0 Å². The van der Waals surface area contributed by atoms with Crippen molar-refractivity contribution >= 4 is 38.2 Å². The Morgan fingerprint density at radius 2 is 1.64 bits per heavy atom. The zero-order valence-electron chi connectivity index (χ0n) is 19.3. The molecule has 2 aromatic rings. The van der Waals surface area contributed by atoms with E-state index in [1.54, 1.807) is 23.6 Å². The number of amides is 2. The van der Waals surface area contributed by atoms with Crippen LogP contribution >= 0.6 is 11.3 Å². The summed E-state index contributed by atoms with van der Waals surface area (Å²) >= 11 is 1.32. The Balaban J connectivity index is 1.35. The maximum Gasteiger partial charge on any atom is 0.254 e. The van der Waals surface area contributed by atoms with Gasteiger partial charge in [-0.2, -0.15) is 4.31 Å². The van der Waals surface area contributed by atoms with Crippen LogP contribution in [0.5, 0.6) is 0 Å². The number of hydrogen-bond donors (Lipinski definition) is 2. The van der Waals surface area contributed by atoms with E-state index >= 15 is 0 Å². The number of benzene rings is 1. The summed E-state index contributed by atoms with van der Waals surface area (Å²) in [5.41, 5.74) is 1.52. The van der Waals surface area contributed by atoms with Gasteiger partial charge in [0.05, 0.1) is 10.5 Å². The minimum atomic E-state index is -3.60. The Hall–Kier alpha value is -2.23. The first kappa shape index (κ1) is 23.9. The van der Waals surface area contributed by atoms with Gasteiger partial charge in [0, 0.05) is 25.0 Å². The van der Waals surface area contributed by atoms with Crippen LogP contribution in [0.4, 0.5) is 5.00 Å². The van der Waals surface area contributed by atoms with Crippen LogP contribution in [-0.4, -0.2) is 43.7 Å². The summed E-state index contributed by atoms with van der Waals surface area (Å²) in [4.78, 5) is 25.5. The second-order valence-corrected chi connectivity index (χ2v) is 12.7. The van der Waals surface area contributed by atoms with Crippen LogP contribution in [0.25, 0.3) is 0 Å². The quantitative estimate of drug-likeness (QED) is 0.642. The smallest absolute Gasteiger partial charge is 0.254 e. The lowest BCUT2D eigenvalue weighted by molar-refractivity contribution is -0.120. The number of hydrogen-bond acceptors (Lipinski definition) is 5. The number of carbonyl (C=O) groups is 2. The largest absolute Gasteiger partial charge is 0.349 e. The molecule has 2 amide bonds. The normalized spacial score (nSPS) is 18.2. The van der Waals surface area contributed by atoms with Gasteiger partial charge >= 0.3 is 0 Å². The van der Waals surface area contributed by atoms with Crippen molar-refractivity contribution in [3.63, 3.8) is 0 Å². The zero-order chi connectivity index (χ0) is 23.8. The molecule has 0 atom stereocenters. The van der Waals surface area contributed by atoms with Crippen LogP contribution < -0.4 is 10.6 Å². The maximum absolute atomic E-state index is 13.1. The average molecular weight is 490 g/mol. The number of sulfonamides is 1. The Labute approximate surface area is 199 Å². The van der Waals surface area contributed by atoms with Crippen molar-refractivity contribution in [1.82, 2.24) is 9.62 Å². The molecule has 1 aliphatic carbocycles. The first-order chi connectivity index (χ1) is 15.6. The van der Waals surface area contributed by atoms with Crippen LogP contribution in [0.3, 0.4) is 0 Å². The molecule has 0 spiro atoms. The predicted octanol–water partition coefficient (Wildman–Crippen LogP) is 3.98. The lowest BCUT2D eigenvalue weighted by atomic mass is 9.87. The number of nitrogens with one attached hydrogen (secondary N) is 2. The van der Waals surface area contributed by atoms with Crippen LogP contribution in [0, 0.1) is 5.92 Å². The Morgan fingerprint density at radius 1 is 1.00 bits per heavy atom. The second kappa shape index (κ2) is 9.19. The Bertz CT molecular complexity index is 1120. The molecule has 7 nitrogen and oxygen atoms in total. The highest BCUT2D eigenvalue weighted by Gasteiger charge is 2.33. The monoisotopic (exact) mass is 489 g/mol. The van der Waals surface area contributed by atoms with E-state index in [2.05, 4.69) is 31.4 Å². The van der Waals surface area contributed by atoms with Gasteiger partial charge in [0.25, 0.3) is 5.91 Å². The zero-order valence-corrected chi connectivity index (χ0v) is 20.9. The first-order valence-electron chi connectivity index (χ1n) is 11.4. The summed E-state index contributed by atoms with van der Waals surface area (Å²) in [5.74, 6) is -0.613. The molecule has 2 heterocycles. The average Bonchev–Trinajstić information content (AvgIpc) is 3.47. The fraction of sp³-hybridized carbons (Fsp3) is 0.500. The highest BCUT2D eigenvalue weighted by molar-refractivity contribution is 7.89. The van der Waals surface area contributed by atoms with Crippen molar-refractivity contribution in [1.29, 1.82) is 0 Å². The van der Waals surface area contributed by atoms with Crippen molar-refractivity contribution < 1.29 is 18.0 Å². The molecular formula is C24H31N3O4S2. The van der Waals surface area contributed by atoms with Crippen LogP contribution in [0.15, 0.2) is 40.6 Å². The minimum Gasteiger partial charge on any atom is -0.349 e. The van der Waals surface area contributed by atoms with Gasteiger partial charge in [-0.15, -0.1) is 11.3 Å². The lowest BCUT2D eigenvalue weighted by Crippen LogP contribution is -2.41. The van der Waals surface area contributed by atoms with Crippen LogP contribution in [0.1, 0.15) is 62.4 Å². The molecule has 0 radical (unpaired) electrons. The van der Waals surface area contributed by atoms with E-state index in [1.165, 1.54) is 15.6 Å². The van der Waals surface area contributed by atoms with Gasteiger partial charge in [0.15, 0.2) is 0 Å². The Kier molecular flexibility index (Phi) is 6.66. The summed E-state index contributed by atoms with van der Waals surface area (Å²) in [7, 11) is -3.60. The molecule has 1 aliphatic heterocycles. The van der Waals surface area contributed by atoms with Gasteiger partial charge in [-0.25, -0.2) is 8.42 Å². The van der Waals surface area contributed by atoms with Crippen molar-refractivity contribution in [3.05, 3.63) is 46.8 Å². The van der Waals surface area contributed by atoms with E-state index in [-0.39, 0.29) is 34.1 Å². The molecule has 178 valence electrons. The van der Waals surface area contributed by atoms with E-state index in [0.717, 1.165) is 18.4 Å². The van der Waals surface area contributed by atoms with Gasteiger partial charge < -0.3 is 10.6 Å². The third-order valence-corrected chi connectivity index (χ3v) is 8.98. The van der Waals surface area contributed by atoms with Gasteiger partial charge in [-0.05, 0) is 60.2 Å². The second-order valence-electron chi connectivity index (χ2n) is 9.85. The van der Waals surface area contributed by atoms with E-state index < -0.39 is 10.0 Å². The van der Waals surface area contributed by atoms with Gasteiger partial charge in [0.2, 0.25) is 15.9 Å². The molecule has 1 saturated heterocycles. The van der Waals surface area contributed by atoms with Crippen molar-refractivity contribution in [2.24, 2.45) is 5.92 Å². The number of nitrogens with zero attached hydrogens (tertiary/aromatic N) is 1. The van der Waals surface area contributed by atoms with Crippen molar-refractivity contribution in [2.75, 3.05) is 18.4 Å². The van der Waals surface area contributed by atoms with Crippen LogP contribution in [0.2, 0.25) is 0 Å². The third kappa shape index (κ3) is 5.47. The van der Waals surface area contributed by atoms with E-state index in [1.807, 2.05) is 12.1 Å². The van der Waals surface area contributed by atoms with E-state index in [9.17, 15) is 18.0 Å². The van der Waals surface area contributed by atoms with Gasteiger partial charge in [-0.3, -0.25) is 9.59 Å². The SMILES string of the molecule is CC(C)(C)c1ccc(S(=O)(=O)N2CCC(C(=O)Nc3sccc3C(=O)NC3CC3)CC2)cc1. The topological polar surface area (TPSA) is 95.6 Å². The lowest BCUT2D eigenvalue weighted by Gasteiger charge is -2.30. The third-order valence-electron chi connectivity index (χ3n) is 6.24. The van der Waals surface area contributed by atoms with Gasteiger partial charge in [0.1, 0.15) is 5.00 Å². The Morgan fingerprint density at radius 3 is 2.21 bits per heavy atom. The summed E-state index contributed by atoms with van der Waals surface area (Å²) in [6.45, 7) is 6.85. The highest BCUT2D eigenvalue weighted by Crippen LogP contribution is 2.30. The molecule has 0 unspecified atom stereocenters. The number of thiophene rings is 1. The molecule has 33 heavy (non-hydrogen) atoms. The van der Waals surface area contributed by atoms with Crippen molar-refractivity contribution in [2.45, 2.75) is 62.8 Å². The molecular weight excluding hydrogens is 458 g/mol. The molecule has 1 saturated carbocycles. The van der Waals surface area contributed by atoms with Gasteiger partial charge in [-0.1, -0.05) is 32.9 Å². The number of anilines is 1.